The average molecular weight is 419 g/mol. The zero-order valence-corrected chi connectivity index (χ0v) is 18.9. The van der Waals surface area contributed by atoms with Gasteiger partial charge in [0.25, 0.3) is 0 Å². The van der Waals surface area contributed by atoms with Crippen molar-refractivity contribution in [2.75, 3.05) is 13.1 Å². The molecule has 2 rings (SSSR count). The molecular weight excluding hydrogens is 384 g/mol. The predicted octanol–water partition coefficient (Wildman–Crippen LogP) is 3.31. The predicted molar refractivity (Wildman–Crippen MR) is 114 cm³/mol. The zero-order valence-electron chi connectivity index (χ0n) is 18.9. The second-order valence-electron chi connectivity index (χ2n) is 9.69. The molecule has 7 heteroatoms. The summed E-state index contributed by atoms with van der Waals surface area (Å²) in [4.78, 5) is 39.1. The van der Waals surface area contributed by atoms with Crippen LogP contribution in [0, 0.1) is 5.41 Å². The molecule has 0 bridgehead atoms. The molecule has 1 N–H and O–H groups in total. The third-order valence-electron chi connectivity index (χ3n) is 4.78. The van der Waals surface area contributed by atoms with Crippen molar-refractivity contribution >= 4 is 17.8 Å². The number of Topliss-reactive ketones (excluding diaryl/α,β-unsaturated/α-hetero) is 1. The third kappa shape index (κ3) is 7.13. The summed E-state index contributed by atoms with van der Waals surface area (Å²) < 4.78 is 11.4. The van der Waals surface area contributed by atoms with Crippen LogP contribution in [0.1, 0.15) is 53.5 Å². The van der Waals surface area contributed by atoms with Crippen LogP contribution in [0.3, 0.4) is 0 Å². The van der Waals surface area contributed by atoms with Gasteiger partial charge in [-0.2, -0.15) is 0 Å². The molecule has 2 atom stereocenters. The molecule has 0 aliphatic carbocycles. The van der Waals surface area contributed by atoms with Crippen LogP contribution in [0.5, 0.6) is 0 Å². The number of likely N-dealkylation sites (tertiary alicyclic amines) is 1. The molecular formula is C23H34N2O5. The molecule has 30 heavy (non-hydrogen) atoms. The van der Waals surface area contributed by atoms with Crippen LogP contribution in [0.25, 0.3) is 0 Å². The van der Waals surface area contributed by atoms with Gasteiger partial charge in [0.1, 0.15) is 12.6 Å². The van der Waals surface area contributed by atoms with Crippen LogP contribution in [0.4, 0.5) is 4.79 Å². The molecule has 166 valence electrons. The van der Waals surface area contributed by atoms with Gasteiger partial charge in [-0.25, -0.2) is 4.79 Å². The summed E-state index contributed by atoms with van der Waals surface area (Å²) in [6, 6.07) is 8.62. The van der Waals surface area contributed by atoms with Gasteiger partial charge < -0.3 is 14.8 Å². The molecule has 1 aromatic rings. The topological polar surface area (TPSA) is 84.9 Å². The Balaban J connectivity index is 2.05. The van der Waals surface area contributed by atoms with Gasteiger partial charge in [-0.3, -0.25) is 14.5 Å². The SMILES string of the molecule is CC(C)(C)O[C@@H]1C[C@@H](C(=O)NCC(=O)C(C)(C)C)N(C(=O)OCc2ccccc2)C1. The Bertz CT molecular complexity index is 749. The number of hydrogen-bond acceptors (Lipinski definition) is 5. The van der Waals surface area contributed by atoms with Gasteiger partial charge >= 0.3 is 6.09 Å². The molecule has 0 saturated carbocycles. The number of carbonyl (C=O) groups excluding carboxylic acids is 3. The highest BCUT2D eigenvalue weighted by atomic mass is 16.6. The molecule has 0 unspecified atom stereocenters. The van der Waals surface area contributed by atoms with Gasteiger partial charge in [-0.1, -0.05) is 51.1 Å². The van der Waals surface area contributed by atoms with E-state index >= 15 is 0 Å². The second-order valence-corrected chi connectivity index (χ2v) is 9.69. The summed E-state index contributed by atoms with van der Waals surface area (Å²) in [6.07, 6.45) is -0.503. The van der Waals surface area contributed by atoms with E-state index in [0.717, 1.165) is 5.56 Å². The summed E-state index contributed by atoms with van der Waals surface area (Å²) in [5.41, 5.74) is -0.0863. The maximum atomic E-state index is 12.8. The van der Waals surface area contributed by atoms with E-state index in [1.807, 2.05) is 51.1 Å². The minimum Gasteiger partial charge on any atom is -0.445 e. The number of rotatable bonds is 6. The lowest BCUT2D eigenvalue weighted by Gasteiger charge is -2.25. The third-order valence-corrected chi connectivity index (χ3v) is 4.78. The van der Waals surface area contributed by atoms with Crippen molar-refractivity contribution in [2.24, 2.45) is 5.41 Å². The Morgan fingerprint density at radius 1 is 1.07 bits per heavy atom. The lowest BCUT2D eigenvalue weighted by molar-refractivity contribution is -0.130. The van der Waals surface area contributed by atoms with E-state index in [1.165, 1.54) is 4.90 Å². The largest absolute Gasteiger partial charge is 0.445 e. The fourth-order valence-corrected chi connectivity index (χ4v) is 3.19. The number of amides is 2. The highest BCUT2D eigenvalue weighted by Crippen LogP contribution is 2.26. The monoisotopic (exact) mass is 418 g/mol. The van der Waals surface area contributed by atoms with Crippen LogP contribution in [-0.2, 0) is 25.7 Å². The average Bonchev–Trinajstić information content (AvgIpc) is 3.06. The molecule has 0 radical (unpaired) electrons. The van der Waals surface area contributed by atoms with Crippen molar-refractivity contribution in [1.82, 2.24) is 10.2 Å². The first-order valence-electron chi connectivity index (χ1n) is 10.3. The standard InChI is InChI=1S/C23H34N2O5/c1-22(2,3)19(26)13-24-20(27)18-12-17(30-23(4,5)6)14-25(18)21(28)29-15-16-10-8-7-9-11-16/h7-11,17-18H,12-15H2,1-6H3,(H,24,27)/t17-,18+/m1/s1. The molecule has 1 fully saturated rings. The lowest BCUT2D eigenvalue weighted by atomic mass is 9.91. The number of ketones is 1. The number of nitrogens with zero attached hydrogens (tertiary/aromatic N) is 1. The van der Waals surface area contributed by atoms with Gasteiger partial charge in [-0.15, -0.1) is 0 Å². The van der Waals surface area contributed by atoms with E-state index in [-0.39, 0.29) is 37.5 Å². The van der Waals surface area contributed by atoms with Crippen LogP contribution < -0.4 is 5.32 Å². The van der Waals surface area contributed by atoms with Gasteiger partial charge in [0.2, 0.25) is 5.91 Å². The fourth-order valence-electron chi connectivity index (χ4n) is 3.19. The van der Waals surface area contributed by atoms with E-state index in [0.29, 0.717) is 6.42 Å². The molecule has 2 amide bonds. The number of carbonyl (C=O) groups is 3. The fraction of sp³-hybridized carbons (Fsp3) is 0.609. The van der Waals surface area contributed by atoms with Gasteiger partial charge in [0.15, 0.2) is 5.78 Å². The van der Waals surface area contributed by atoms with Gasteiger partial charge in [-0.05, 0) is 26.3 Å². The minimum absolute atomic E-state index is 0.0729. The molecule has 0 aromatic heterocycles. The maximum absolute atomic E-state index is 12.8. The molecule has 1 aliphatic rings. The van der Waals surface area contributed by atoms with E-state index in [4.69, 9.17) is 9.47 Å². The number of ether oxygens (including phenoxy) is 2. The van der Waals surface area contributed by atoms with E-state index in [2.05, 4.69) is 5.32 Å². The van der Waals surface area contributed by atoms with Crippen molar-refractivity contribution < 1.29 is 23.9 Å². The van der Waals surface area contributed by atoms with E-state index < -0.39 is 23.2 Å². The van der Waals surface area contributed by atoms with Crippen molar-refractivity contribution in [3.8, 4) is 0 Å². The van der Waals surface area contributed by atoms with Crippen molar-refractivity contribution in [2.45, 2.75) is 72.3 Å². The van der Waals surface area contributed by atoms with Crippen LogP contribution >= 0.6 is 0 Å². The van der Waals surface area contributed by atoms with Gasteiger partial charge in [0.05, 0.1) is 24.8 Å². The number of nitrogens with one attached hydrogen (secondary N) is 1. The Morgan fingerprint density at radius 2 is 1.70 bits per heavy atom. The van der Waals surface area contributed by atoms with Crippen LogP contribution in [0.15, 0.2) is 30.3 Å². The lowest BCUT2D eigenvalue weighted by Crippen LogP contribution is -2.48. The zero-order chi connectivity index (χ0) is 22.5. The second kappa shape index (κ2) is 9.60. The highest BCUT2D eigenvalue weighted by Gasteiger charge is 2.42. The summed E-state index contributed by atoms with van der Waals surface area (Å²) in [5, 5.41) is 2.68. The Kier molecular flexibility index (Phi) is 7.64. The smallest absolute Gasteiger partial charge is 0.410 e. The first-order chi connectivity index (χ1) is 13.9. The minimum atomic E-state index is -0.742. The molecule has 7 nitrogen and oxygen atoms in total. The van der Waals surface area contributed by atoms with Crippen LogP contribution in [-0.4, -0.2) is 53.5 Å². The molecule has 1 aromatic carbocycles. The quantitative estimate of drug-likeness (QED) is 0.766. The Morgan fingerprint density at radius 3 is 2.27 bits per heavy atom. The van der Waals surface area contributed by atoms with Crippen molar-refractivity contribution in [3.05, 3.63) is 35.9 Å². The first-order valence-corrected chi connectivity index (χ1v) is 10.3. The maximum Gasteiger partial charge on any atom is 0.410 e. The first kappa shape index (κ1) is 23.9. The van der Waals surface area contributed by atoms with E-state index in [9.17, 15) is 14.4 Å². The summed E-state index contributed by atoms with van der Waals surface area (Å²) >= 11 is 0. The van der Waals surface area contributed by atoms with Crippen molar-refractivity contribution in [3.63, 3.8) is 0 Å². The van der Waals surface area contributed by atoms with Crippen molar-refractivity contribution in [1.29, 1.82) is 0 Å². The number of hydrogen-bond donors (Lipinski definition) is 1. The Labute approximate surface area is 179 Å². The number of benzene rings is 1. The van der Waals surface area contributed by atoms with E-state index in [1.54, 1.807) is 20.8 Å². The molecule has 1 heterocycles. The summed E-state index contributed by atoms with van der Waals surface area (Å²) in [7, 11) is 0. The summed E-state index contributed by atoms with van der Waals surface area (Å²) in [5.74, 6) is -0.446. The Hall–Kier alpha value is -2.41. The van der Waals surface area contributed by atoms with Crippen LogP contribution in [0.2, 0.25) is 0 Å². The summed E-state index contributed by atoms with van der Waals surface area (Å²) in [6.45, 7) is 11.5. The highest BCUT2D eigenvalue weighted by molar-refractivity contribution is 5.92. The normalized spacial score (nSPS) is 19.5. The molecule has 1 saturated heterocycles. The van der Waals surface area contributed by atoms with Gasteiger partial charge in [0, 0.05) is 11.8 Å². The molecule has 1 aliphatic heterocycles. The molecule has 0 spiro atoms.